The molecule has 1 unspecified atom stereocenters. The minimum Gasteiger partial charge on any atom is -0.497 e. The second-order valence-corrected chi connectivity index (χ2v) is 5.28. The Hall–Kier alpha value is -1.84. The third-order valence-corrected chi connectivity index (χ3v) is 3.47. The Morgan fingerprint density at radius 2 is 1.76 bits per heavy atom. The number of benzene rings is 2. The lowest BCUT2D eigenvalue weighted by molar-refractivity contribution is 0.0881. The lowest BCUT2D eigenvalue weighted by Crippen LogP contribution is -2.16. The second kappa shape index (κ2) is 7.25. The summed E-state index contributed by atoms with van der Waals surface area (Å²) in [6.45, 7) is 0. The van der Waals surface area contributed by atoms with E-state index in [1.54, 1.807) is 31.4 Å². The van der Waals surface area contributed by atoms with Crippen LogP contribution < -0.4 is 4.74 Å². The topological polar surface area (TPSA) is 46.5 Å². The fourth-order valence-electron chi connectivity index (χ4n) is 2.07. The molecule has 0 spiro atoms. The number of ketones is 1. The van der Waals surface area contributed by atoms with Crippen LogP contribution in [0.5, 0.6) is 5.75 Å². The molecule has 0 aliphatic carbocycles. The average molecular weight is 305 g/mol. The number of methoxy groups -OCH3 is 1. The molecular weight excluding hydrogens is 288 g/mol. The first-order chi connectivity index (χ1) is 10.1. The van der Waals surface area contributed by atoms with E-state index in [9.17, 15) is 9.90 Å². The van der Waals surface area contributed by atoms with Crippen LogP contribution in [0.3, 0.4) is 0 Å². The average Bonchev–Trinajstić information content (AvgIpc) is 2.48. The van der Waals surface area contributed by atoms with Gasteiger partial charge >= 0.3 is 0 Å². The summed E-state index contributed by atoms with van der Waals surface area (Å²) in [4.78, 5) is 12.0. The fraction of sp³-hybridized carbons (Fsp3) is 0.235. The molecule has 0 saturated heterocycles. The largest absolute Gasteiger partial charge is 0.497 e. The summed E-state index contributed by atoms with van der Waals surface area (Å²) in [6.07, 6.45) is -0.182. The van der Waals surface area contributed by atoms with Gasteiger partial charge in [-0.2, -0.15) is 0 Å². The van der Waals surface area contributed by atoms with Crippen LogP contribution >= 0.6 is 11.6 Å². The molecular formula is C17H17ClO3. The molecule has 0 aliphatic heterocycles. The van der Waals surface area contributed by atoms with Crippen molar-refractivity contribution in [2.75, 3.05) is 7.11 Å². The molecule has 0 radical (unpaired) electrons. The number of ether oxygens (including phenoxy) is 1. The van der Waals surface area contributed by atoms with Crippen molar-refractivity contribution in [3.8, 4) is 5.75 Å². The summed E-state index contributed by atoms with van der Waals surface area (Å²) in [5.74, 6) is 0.679. The molecule has 3 nitrogen and oxygen atoms in total. The molecule has 110 valence electrons. The Bertz CT molecular complexity index is 590. The Morgan fingerprint density at radius 3 is 2.33 bits per heavy atom. The third-order valence-electron chi connectivity index (χ3n) is 3.22. The van der Waals surface area contributed by atoms with Crippen molar-refractivity contribution in [2.24, 2.45) is 0 Å². The first-order valence-electron chi connectivity index (χ1n) is 6.68. The maximum atomic E-state index is 12.0. The smallest absolute Gasteiger partial charge is 0.165 e. The van der Waals surface area contributed by atoms with Gasteiger partial charge in [-0.1, -0.05) is 23.7 Å². The molecule has 21 heavy (non-hydrogen) atoms. The first-order valence-corrected chi connectivity index (χ1v) is 7.06. The molecule has 0 amide bonds. The molecule has 2 aromatic rings. The summed E-state index contributed by atoms with van der Waals surface area (Å²) in [5.41, 5.74) is 1.53. The minimum absolute atomic E-state index is 0.0901. The fourth-order valence-corrected chi connectivity index (χ4v) is 2.20. The van der Waals surface area contributed by atoms with Gasteiger partial charge in [0.1, 0.15) is 5.75 Å². The third kappa shape index (κ3) is 4.59. The van der Waals surface area contributed by atoms with Gasteiger partial charge in [0.15, 0.2) is 5.78 Å². The molecule has 0 heterocycles. The number of aliphatic hydroxyl groups excluding tert-OH is 1. The van der Waals surface area contributed by atoms with E-state index >= 15 is 0 Å². The van der Waals surface area contributed by atoms with E-state index in [1.807, 2.05) is 24.3 Å². The molecule has 0 bridgehead atoms. The predicted molar refractivity (Wildman–Crippen MR) is 83.1 cm³/mol. The highest BCUT2D eigenvalue weighted by molar-refractivity contribution is 6.30. The molecule has 0 saturated carbocycles. The van der Waals surface area contributed by atoms with Gasteiger partial charge in [0, 0.05) is 17.0 Å². The second-order valence-electron chi connectivity index (χ2n) is 4.84. The standard InChI is InChI=1S/C17H17ClO3/c1-21-16-8-2-12(3-9-16)10-15(19)11-17(20)13-4-6-14(18)7-5-13/h2-9,15,19H,10-11H2,1H3. The Kier molecular flexibility index (Phi) is 5.37. The Morgan fingerprint density at radius 1 is 1.14 bits per heavy atom. The van der Waals surface area contributed by atoms with Crippen LogP contribution in [0.25, 0.3) is 0 Å². The minimum atomic E-state index is -0.707. The summed E-state index contributed by atoms with van der Waals surface area (Å²) in [6, 6.07) is 14.1. The van der Waals surface area contributed by atoms with Crippen LogP contribution in [0.4, 0.5) is 0 Å². The van der Waals surface area contributed by atoms with E-state index in [4.69, 9.17) is 16.3 Å². The zero-order valence-electron chi connectivity index (χ0n) is 11.8. The highest BCUT2D eigenvalue weighted by Crippen LogP contribution is 2.16. The van der Waals surface area contributed by atoms with Crippen LogP contribution in [0, 0.1) is 0 Å². The number of hydrogen-bond donors (Lipinski definition) is 1. The molecule has 1 N–H and O–H groups in total. The van der Waals surface area contributed by atoms with Gasteiger partial charge in [0.05, 0.1) is 13.2 Å². The highest BCUT2D eigenvalue weighted by atomic mass is 35.5. The number of hydrogen-bond acceptors (Lipinski definition) is 3. The summed E-state index contributed by atoms with van der Waals surface area (Å²) >= 11 is 5.78. The molecule has 4 heteroatoms. The summed E-state index contributed by atoms with van der Waals surface area (Å²) in [5, 5.41) is 10.6. The van der Waals surface area contributed by atoms with Gasteiger partial charge in [0.2, 0.25) is 0 Å². The van der Waals surface area contributed by atoms with Crippen LogP contribution in [0.2, 0.25) is 5.02 Å². The summed E-state index contributed by atoms with van der Waals surface area (Å²) in [7, 11) is 1.61. The van der Waals surface area contributed by atoms with E-state index in [1.165, 1.54) is 0 Å². The maximum Gasteiger partial charge on any atom is 0.165 e. The molecule has 0 aromatic heterocycles. The van der Waals surface area contributed by atoms with E-state index in [2.05, 4.69) is 0 Å². The van der Waals surface area contributed by atoms with Crippen molar-refractivity contribution < 1.29 is 14.6 Å². The molecule has 0 fully saturated rings. The highest BCUT2D eigenvalue weighted by Gasteiger charge is 2.13. The monoisotopic (exact) mass is 304 g/mol. The number of carbonyl (C=O) groups is 1. The number of rotatable bonds is 6. The van der Waals surface area contributed by atoms with Crippen molar-refractivity contribution >= 4 is 17.4 Å². The van der Waals surface area contributed by atoms with Gasteiger partial charge in [-0.15, -0.1) is 0 Å². The predicted octanol–water partition coefficient (Wildman–Crippen LogP) is 3.53. The number of carbonyl (C=O) groups excluding carboxylic acids is 1. The van der Waals surface area contributed by atoms with Gasteiger partial charge in [-0.05, 0) is 48.4 Å². The number of aliphatic hydroxyl groups is 1. The first kappa shape index (κ1) is 15.5. The van der Waals surface area contributed by atoms with Crippen molar-refractivity contribution in [3.63, 3.8) is 0 Å². The van der Waals surface area contributed by atoms with E-state index < -0.39 is 6.10 Å². The Balaban J connectivity index is 1.92. The van der Waals surface area contributed by atoms with Crippen LogP contribution in [-0.2, 0) is 6.42 Å². The van der Waals surface area contributed by atoms with Crippen molar-refractivity contribution in [1.29, 1.82) is 0 Å². The lowest BCUT2D eigenvalue weighted by Gasteiger charge is -2.10. The van der Waals surface area contributed by atoms with Crippen LogP contribution in [0.15, 0.2) is 48.5 Å². The van der Waals surface area contributed by atoms with Crippen molar-refractivity contribution in [1.82, 2.24) is 0 Å². The summed E-state index contributed by atoms with van der Waals surface area (Å²) < 4.78 is 5.08. The molecule has 1 atom stereocenters. The zero-order valence-corrected chi connectivity index (χ0v) is 12.5. The van der Waals surface area contributed by atoms with Gasteiger partial charge < -0.3 is 9.84 Å². The lowest BCUT2D eigenvalue weighted by atomic mass is 10.0. The molecule has 0 aliphatic rings. The molecule has 2 aromatic carbocycles. The van der Waals surface area contributed by atoms with E-state index in [-0.39, 0.29) is 12.2 Å². The molecule has 2 rings (SSSR count). The number of Topliss-reactive ketones (excluding diaryl/α,β-unsaturated/α-hetero) is 1. The van der Waals surface area contributed by atoms with E-state index in [0.29, 0.717) is 17.0 Å². The van der Waals surface area contributed by atoms with E-state index in [0.717, 1.165) is 11.3 Å². The van der Waals surface area contributed by atoms with Gasteiger partial charge in [0.25, 0.3) is 0 Å². The maximum absolute atomic E-state index is 12.0. The van der Waals surface area contributed by atoms with Crippen molar-refractivity contribution in [3.05, 3.63) is 64.7 Å². The van der Waals surface area contributed by atoms with Gasteiger partial charge in [-0.25, -0.2) is 0 Å². The quantitative estimate of drug-likeness (QED) is 0.831. The van der Waals surface area contributed by atoms with Crippen molar-refractivity contribution in [2.45, 2.75) is 18.9 Å². The van der Waals surface area contributed by atoms with Gasteiger partial charge in [-0.3, -0.25) is 4.79 Å². The number of halogens is 1. The van der Waals surface area contributed by atoms with Crippen LogP contribution in [-0.4, -0.2) is 24.1 Å². The zero-order chi connectivity index (χ0) is 15.2. The SMILES string of the molecule is COc1ccc(CC(O)CC(=O)c2ccc(Cl)cc2)cc1. The van der Waals surface area contributed by atoms with Crippen LogP contribution in [0.1, 0.15) is 22.3 Å². The Labute approximate surface area is 129 Å². The normalized spacial score (nSPS) is 12.0.